The van der Waals surface area contributed by atoms with Gasteiger partial charge in [-0.1, -0.05) is 6.07 Å². The van der Waals surface area contributed by atoms with E-state index in [1.54, 1.807) is 12.3 Å². The number of hydrogen-bond acceptors (Lipinski definition) is 4. The van der Waals surface area contributed by atoms with Gasteiger partial charge < -0.3 is 15.5 Å². The van der Waals surface area contributed by atoms with E-state index in [1.165, 1.54) is 19.1 Å². The number of halogens is 1. The number of carbonyl (C=O) groups excluding carboxylic acids is 2. The Hall–Kier alpha value is -3.22. The summed E-state index contributed by atoms with van der Waals surface area (Å²) in [6, 6.07) is 12.2. The van der Waals surface area contributed by atoms with Crippen LogP contribution in [-0.4, -0.2) is 37.2 Å². The van der Waals surface area contributed by atoms with Gasteiger partial charge in [-0.3, -0.25) is 14.6 Å². The quantitative estimate of drug-likeness (QED) is 0.801. The number of benzene rings is 2. The molecule has 0 aromatic heterocycles. The van der Waals surface area contributed by atoms with Gasteiger partial charge in [0.15, 0.2) is 0 Å². The van der Waals surface area contributed by atoms with Crippen molar-refractivity contribution in [3.05, 3.63) is 53.8 Å². The molecule has 4 rings (SSSR count). The molecule has 0 spiro atoms. The molecule has 0 saturated carbocycles. The Labute approximate surface area is 162 Å². The fourth-order valence-corrected chi connectivity index (χ4v) is 3.72. The number of carbonyl (C=O) groups is 2. The van der Waals surface area contributed by atoms with Gasteiger partial charge in [-0.2, -0.15) is 0 Å². The zero-order chi connectivity index (χ0) is 19.7. The van der Waals surface area contributed by atoms with Crippen LogP contribution >= 0.6 is 0 Å². The minimum atomic E-state index is -0.521. The Morgan fingerprint density at radius 1 is 1.29 bits per heavy atom. The first kappa shape index (κ1) is 18.2. The van der Waals surface area contributed by atoms with Crippen molar-refractivity contribution in [2.24, 2.45) is 4.99 Å². The van der Waals surface area contributed by atoms with Crippen molar-refractivity contribution in [1.82, 2.24) is 5.32 Å². The minimum Gasteiger partial charge on any atom is -0.369 e. The Balaban J connectivity index is 1.43. The number of hydrogen-bond donors (Lipinski definition) is 2. The van der Waals surface area contributed by atoms with E-state index < -0.39 is 5.92 Å². The predicted octanol–water partition coefficient (Wildman–Crippen LogP) is 2.98. The van der Waals surface area contributed by atoms with Crippen LogP contribution < -0.4 is 15.5 Å². The molecule has 28 heavy (non-hydrogen) atoms. The number of nitrogens with one attached hydrogen (secondary N) is 2. The number of aliphatic imine (C=N–C) groups is 1. The van der Waals surface area contributed by atoms with Gasteiger partial charge in [0, 0.05) is 43.6 Å². The van der Waals surface area contributed by atoms with Crippen molar-refractivity contribution < 1.29 is 14.0 Å². The molecule has 6 nitrogen and oxygen atoms in total. The second kappa shape index (κ2) is 7.42. The molecule has 0 bridgehead atoms. The second-order valence-electron chi connectivity index (χ2n) is 7.13. The molecule has 7 heteroatoms. The second-order valence-corrected chi connectivity index (χ2v) is 7.13. The third-order valence-corrected chi connectivity index (χ3v) is 5.07. The molecular weight excluding hydrogens is 359 g/mol. The topological polar surface area (TPSA) is 73.8 Å². The van der Waals surface area contributed by atoms with Crippen LogP contribution in [0, 0.1) is 5.82 Å². The average molecular weight is 380 g/mol. The summed E-state index contributed by atoms with van der Waals surface area (Å²) in [5, 5.41) is 5.64. The van der Waals surface area contributed by atoms with Crippen LogP contribution in [0.3, 0.4) is 0 Å². The smallest absolute Gasteiger partial charge is 0.237 e. The molecule has 2 amide bonds. The number of fused-ring (bicyclic) bond motifs is 1. The summed E-state index contributed by atoms with van der Waals surface area (Å²) in [7, 11) is 0. The van der Waals surface area contributed by atoms with E-state index in [4.69, 9.17) is 0 Å². The van der Waals surface area contributed by atoms with E-state index in [1.807, 2.05) is 24.3 Å². The van der Waals surface area contributed by atoms with Gasteiger partial charge in [-0.25, -0.2) is 4.39 Å². The number of anilines is 2. The molecule has 1 saturated heterocycles. The third-order valence-electron chi connectivity index (χ3n) is 5.07. The van der Waals surface area contributed by atoms with Gasteiger partial charge in [0.05, 0.1) is 5.69 Å². The fraction of sp³-hybridized carbons (Fsp3) is 0.286. The highest BCUT2D eigenvalue weighted by Gasteiger charge is 2.29. The van der Waals surface area contributed by atoms with Crippen LogP contribution in [0.15, 0.2) is 47.5 Å². The highest BCUT2D eigenvalue weighted by Crippen LogP contribution is 2.32. The van der Waals surface area contributed by atoms with Crippen LogP contribution in [-0.2, 0) is 9.59 Å². The Morgan fingerprint density at radius 2 is 2.07 bits per heavy atom. The van der Waals surface area contributed by atoms with Crippen LogP contribution in [0.2, 0.25) is 0 Å². The zero-order valence-electron chi connectivity index (χ0n) is 15.5. The lowest BCUT2D eigenvalue weighted by Crippen LogP contribution is -2.35. The SMILES string of the molecule is CC(=O)NC1CCN(c2ccc(N=CC3C(=O)Nc4cc(F)ccc43)cc2)C1. The molecule has 0 radical (unpaired) electrons. The van der Waals surface area contributed by atoms with E-state index in [2.05, 4.69) is 20.5 Å². The largest absolute Gasteiger partial charge is 0.369 e. The van der Waals surface area contributed by atoms with Gasteiger partial charge >= 0.3 is 0 Å². The van der Waals surface area contributed by atoms with E-state index >= 15 is 0 Å². The van der Waals surface area contributed by atoms with Crippen molar-refractivity contribution in [2.45, 2.75) is 25.3 Å². The lowest BCUT2D eigenvalue weighted by atomic mass is 10.0. The highest BCUT2D eigenvalue weighted by atomic mass is 19.1. The van der Waals surface area contributed by atoms with Crippen molar-refractivity contribution in [3.8, 4) is 0 Å². The Morgan fingerprint density at radius 3 is 2.82 bits per heavy atom. The molecule has 2 aromatic carbocycles. The standard InChI is InChI=1S/C21H21FN4O2/c1-13(27)24-16-8-9-26(12-16)17-5-3-15(4-6-17)23-11-19-18-7-2-14(22)10-20(18)25-21(19)28/h2-7,10-11,16,19H,8-9,12H2,1H3,(H,24,27)(H,25,28). The maximum Gasteiger partial charge on any atom is 0.237 e. The van der Waals surface area contributed by atoms with Crippen LogP contribution in [0.1, 0.15) is 24.8 Å². The fourth-order valence-electron chi connectivity index (χ4n) is 3.72. The van der Waals surface area contributed by atoms with E-state index in [9.17, 15) is 14.0 Å². The number of amides is 2. The van der Waals surface area contributed by atoms with Gasteiger partial charge in [0.25, 0.3) is 0 Å². The zero-order valence-corrected chi connectivity index (χ0v) is 15.5. The molecule has 2 atom stereocenters. The first-order chi connectivity index (χ1) is 13.5. The summed E-state index contributed by atoms with van der Waals surface area (Å²) in [5.74, 6) is -1.11. The van der Waals surface area contributed by atoms with Crippen molar-refractivity contribution in [1.29, 1.82) is 0 Å². The van der Waals surface area contributed by atoms with Gasteiger partial charge in [-0.05, 0) is 48.4 Å². The molecule has 2 N–H and O–H groups in total. The van der Waals surface area contributed by atoms with Crippen LogP contribution in [0.25, 0.3) is 0 Å². The molecule has 2 unspecified atom stereocenters. The molecule has 2 heterocycles. The van der Waals surface area contributed by atoms with Crippen molar-refractivity contribution in [3.63, 3.8) is 0 Å². The average Bonchev–Trinajstić information content (AvgIpc) is 3.23. The van der Waals surface area contributed by atoms with Crippen LogP contribution in [0.5, 0.6) is 0 Å². The summed E-state index contributed by atoms with van der Waals surface area (Å²) in [6.07, 6.45) is 2.52. The third kappa shape index (κ3) is 3.74. The Bertz CT molecular complexity index is 942. The highest BCUT2D eigenvalue weighted by molar-refractivity contribution is 6.12. The summed E-state index contributed by atoms with van der Waals surface area (Å²) >= 11 is 0. The molecular formula is C21H21FN4O2. The molecule has 2 aromatic rings. The normalized spacial score (nSPS) is 21.1. The number of nitrogens with zero attached hydrogens (tertiary/aromatic N) is 2. The molecule has 1 fully saturated rings. The lowest BCUT2D eigenvalue weighted by molar-refractivity contribution is -0.119. The summed E-state index contributed by atoms with van der Waals surface area (Å²) in [6.45, 7) is 3.22. The van der Waals surface area contributed by atoms with Gasteiger partial charge in [0.1, 0.15) is 11.7 Å². The van der Waals surface area contributed by atoms with E-state index in [0.29, 0.717) is 5.69 Å². The summed E-state index contributed by atoms with van der Waals surface area (Å²) in [4.78, 5) is 30.0. The van der Waals surface area contributed by atoms with E-state index in [0.717, 1.165) is 36.4 Å². The molecule has 0 aliphatic carbocycles. The minimum absolute atomic E-state index is 0.00297. The molecule has 2 aliphatic rings. The molecule has 144 valence electrons. The van der Waals surface area contributed by atoms with Crippen molar-refractivity contribution in [2.75, 3.05) is 23.3 Å². The monoisotopic (exact) mass is 380 g/mol. The van der Waals surface area contributed by atoms with Gasteiger partial charge in [-0.15, -0.1) is 0 Å². The van der Waals surface area contributed by atoms with Crippen molar-refractivity contribution >= 4 is 35.1 Å². The van der Waals surface area contributed by atoms with E-state index in [-0.39, 0.29) is 23.7 Å². The predicted molar refractivity (Wildman–Crippen MR) is 107 cm³/mol. The first-order valence-corrected chi connectivity index (χ1v) is 9.26. The summed E-state index contributed by atoms with van der Waals surface area (Å²) < 4.78 is 13.3. The van der Waals surface area contributed by atoms with Crippen LogP contribution in [0.4, 0.5) is 21.5 Å². The summed E-state index contributed by atoms with van der Waals surface area (Å²) in [5.41, 5.74) is 3.04. The van der Waals surface area contributed by atoms with Gasteiger partial charge in [0.2, 0.25) is 11.8 Å². The maximum absolute atomic E-state index is 13.3. The Kier molecular flexibility index (Phi) is 4.81. The molecule has 2 aliphatic heterocycles. The number of rotatable bonds is 4. The maximum atomic E-state index is 13.3. The first-order valence-electron chi connectivity index (χ1n) is 9.26. The lowest BCUT2D eigenvalue weighted by Gasteiger charge is -2.19.